The van der Waals surface area contributed by atoms with Crippen molar-refractivity contribution in [2.45, 2.75) is 11.0 Å². The monoisotopic (exact) mass is 280 g/mol. The van der Waals surface area contributed by atoms with Crippen molar-refractivity contribution in [3.05, 3.63) is 52.2 Å². The standard InChI is InChI=1S/C13H12O3S2/c14-11(9-4-2-1-3-5-9)8-17-10-6-12(13(15)16)18-7-10/h1-7,11,14H,8H2,(H,15,16). The van der Waals surface area contributed by atoms with Gasteiger partial charge in [0.1, 0.15) is 4.88 Å². The zero-order chi connectivity index (χ0) is 13.0. The van der Waals surface area contributed by atoms with Crippen molar-refractivity contribution in [1.29, 1.82) is 0 Å². The number of benzene rings is 1. The number of carboxylic acid groups (broad SMARTS) is 1. The van der Waals surface area contributed by atoms with Crippen LogP contribution in [0.1, 0.15) is 21.3 Å². The number of hydrogen-bond donors (Lipinski definition) is 2. The second kappa shape index (κ2) is 6.04. The highest BCUT2D eigenvalue weighted by Gasteiger charge is 2.10. The smallest absolute Gasteiger partial charge is 0.345 e. The minimum Gasteiger partial charge on any atom is -0.477 e. The van der Waals surface area contributed by atoms with Gasteiger partial charge in [-0.2, -0.15) is 0 Å². The Morgan fingerprint density at radius 3 is 2.67 bits per heavy atom. The second-order valence-corrected chi connectivity index (χ2v) is 5.69. The normalized spacial score (nSPS) is 12.3. The SMILES string of the molecule is O=C(O)c1cc(SCC(O)c2ccccc2)cs1. The van der Waals surface area contributed by atoms with Crippen LogP contribution in [-0.2, 0) is 0 Å². The lowest BCUT2D eigenvalue weighted by Crippen LogP contribution is -1.99. The van der Waals surface area contributed by atoms with Gasteiger partial charge in [0.15, 0.2) is 0 Å². The van der Waals surface area contributed by atoms with E-state index in [0.29, 0.717) is 10.6 Å². The molecule has 3 nitrogen and oxygen atoms in total. The molecule has 0 aliphatic heterocycles. The van der Waals surface area contributed by atoms with Crippen molar-refractivity contribution in [3.63, 3.8) is 0 Å². The summed E-state index contributed by atoms with van der Waals surface area (Å²) >= 11 is 2.66. The lowest BCUT2D eigenvalue weighted by Gasteiger charge is -2.09. The highest BCUT2D eigenvalue weighted by atomic mass is 32.2. The Bertz CT molecular complexity index is 522. The summed E-state index contributed by atoms with van der Waals surface area (Å²) in [7, 11) is 0. The first-order chi connectivity index (χ1) is 8.66. The molecule has 1 atom stereocenters. The van der Waals surface area contributed by atoms with Gasteiger partial charge in [-0.3, -0.25) is 0 Å². The number of carboxylic acids is 1. The quantitative estimate of drug-likeness (QED) is 0.825. The predicted molar refractivity (Wildman–Crippen MR) is 73.4 cm³/mol. The first-order valence-corrected chi connectivity index (χ1v) is 7.21. The second-order valence-electron chi connectivity index (χ2n) is 3.69. The molecule has 0 saturated carbocycles. The van der Waals surface area contributed by atoms with E-state index >= 15 is 0 Å². The summed E-state index contributed by atoms with van der Waals surface area (Å²) in [4.78, 5) is 11.9. The fourth-order valence-electron chi connectivity index (χ4n) is 1.45. The molecule has 0 amide bonds. The van der Waals surface area contributed by atoms with Gasteiger partial charge in [-0.1, -0.05) is 30.3 Å². The van der Waals surface area contributed by atoms with Crippen molar-refractivity contribution in [2.75, 3.05) is 5.75 Å². The number of thiophene rings is 1. The van der Waals surface area contributed by atoms with Gasteiger partial charge in [0, 0.05) is 16.0 Å². The molecule has 5 heteroatoms. The third-order valence-electron chi connectivity index (χ3n) is 2.38. The molecular weight excluding hydrogens is 268 g/mol. The number of hydrogen-bond acceptors (Lipinski definition) is 4. The Balaban J connectivity index is 1.93. The van der Waals surface area contributed by atoms with Gasteiger partial charge in [-0.25, -0.2) is 4.79 Å². The summed E-state index contributed by atoms with van der Waals surface area (Å²) in [5, 5.41) is 20.6. The van der Waals surface area contributed by atoms with E-state index < -0.39 is 12.1 Å². The van der Waals surface area contributed by atoms with Gasteiger partial charge >= 0.3 is 5.97 Å². The van der Waals surface area contributed by atoms with Gasteiger partial charge < -0.3 is 10.2 Å². The molecule has 0 spiro atoms. The van der Waals surface area contributed by atoms with E-state index in [1.54, 1.807) is 11.4 Å². The molecule has 0 aliphatic rings. The van der Waals surface area contributed by atoms with Crippen molar-refractivity contribution < 1.29 is 15.0 Å². The fourth-order valence-corrected chi connectivity index (χ4v) is 3.30. The maximum Gasteiger partial charge on any atom is 0.345 e. The molecule has 94 valence electrons. The van der Waals surface area contributed by atoms with Crippen LogP contribution in [0.3, 0.4) is 0 Å². The summed E-state index contributed by atoms with van der Waals surface area (Å²) in [6, 6.07) is 11.1. The molecule has 2 aromatic rings. The van der Waals surface area contributed by atoms with Crippen LogP contribution in [-0.4, -0.2) is 21.9 Å². The van der Waals surface area contributed by atoms with Gasteiger partial charge in [0.25, 0.3) is 0 Å². The van der Waals surface area contributed by atoms with Gasteiger partial charge in [-0.05, 0) is 11.6 Å². The molecule has 0 saturated heterocycles. The number of aromatic carboxylic acids is 1. The summed E-state index contributed by atoms with van der Waals surface area (Å²) in [5.41, 5.74) is 0.874. The van der Waals surface area contributed by atoms with Crippen LogP contribution in [0.4, 0.5) is 0 Å². The third-order valence-corrected chi connectivity index (χ3v) is 4.50. The maximum atomic E-state index is 10.7. The van der Waals surface area contributed by atoms with Gasteiger partial charge in [-0.15, -0.1) is 23.1 Å². The summed E-state index contributed by atoms with van der Waals surface area (Å²) in [6.07, 6.45) is -0.538. The zero-order valence-corrected chi connectivity index (χ0v) is 11.1. The zero-order valence-electron chi connectivity index (χ0n) is 9.45. The Morgan fingerprint density at radius 2 is 2.06 bits per heavy atom. The molecule has 1 heterocycles. The average Bonchev–Trinajstić information content (AvgIpc) is 2.86. The van der Waals surface area contributed by atoms with Crippen molar-refractivity contribution in [2.24, 2.45) is 0 Å². The Morgan fingerprint density at radius 1 is 1.33 bits per heavy atom. The van der Waals surface area contributed by atoms with Gasteiger partial charge in [0.05, 0.1) is 6.10 Å². The highest BCUT2D eigenvalue weighted by molar-refractivity contribution is 7.99. The molecule has 0 aliphatic carbocycles. The van der Waals surface area contributed by atoms with E-state index in [1.807, 2.05) is 30.3 Å². The molecule has 0 radical (unpaired) electrons. The number of aliphatic hydroxyl groups excluding tert-OH is 1. The first kappa shape index (κ1) is 13.1. The molecule has 2 N–H and O–H groups in total. The van der Waals surface area contributed by atoms with Crippen LogP contribution >= 0.6 is 23.1 Å². The first-order valence-electron chi connectivity index (χ1n) is 5.34. The number of carbonyl (C=O) groups is 1. The van der Waals surface area contributed by atoms with E-state index in [-0.39, 0.29) is 0 Å². The van der Waals surface area contributed by atoms with Gasteiger partial charge in [0.2, 0.25) is 0 Å². The van der Waals surface area contributed by atoms with E-state index in [9.17, 15) is 9.90 Å². The summed E-state index contributed by atoms with van der Waals surface area (Å²) in [6.45, 7) is 0. The molecule has 1 aromatic carbocycles. The molecule has 2 rings (SSSR count). The largest absolute Gasteiger partial charge is 0.477 e. The van der Waals surface area contributed by atoms with E-state index in [2.05, 4.69) is 0 Å². The number of thioether (sulfide) groups is 1. The molecular formula is C13H12O3S2. The van der Waals surface area contributed by atoms with E-state index in [0.717, 1.165) is 10.5 Å². The molecule has 0 bridgehead atoms. The van der Waals surface area contributed by atoms with Crippen LogP contribution < -0.4 is 0 Å². The molecule has 1 aromatic heterocycles. The predicted octanol–water partition coefficient (Wildman–Crippen LogP) is 3.27. The third kappa shape index (κ3) is 3.35. The number of aliphatic hydroxyl groups is 1. The van der Waals surface area contributed by atoms with E-state index in [1.165, 1.54) is 23.1 Å². The highest BCUT2D eigenvalue weighted by Crippen LogP contribution is 2.28. The maximum absolute atomic E-state index is 10.7. The minimum absolute atomic E-state index is 0.326. The Hall–Kier alpha value is -1.30. The minimum atomic E-state index is -0.907. The Kier molecular flexibility index (Phi) is 4.41. The van der Waals surface area contributed by atoms with Crippen molar-refractivity contribution in [3.8, 4) is 0 Å². The van der Waals surface area contributed by atoms with Crippen LogP contribution in [0, 0.1) is 0 Å². The average molecular weight is 280 g/mol. The summed E-state index contributed by atoms with van der Waals surface area (Å²) in [5.74, 6) is -0.393. The molecule has 0 fully saturated rings. The topological polar surface area (TPSA) is 57.5 Å². The van der Waals surface area contributed by atoms with Crippen LogP contribution in [0.25, 0.3) is 0 Å². The van der Waals surface area contributed by atoms with Crippen molar-refractivity contribution >= 4 is 29.1 Å². The lowest BCUT2D eigenvalue weighted by molar-refractivity contribution is 0.0702. The van der Waals surface area contributed by atoms with E-state index in [4.69, 9.17) is 5.11 Å². The van der Waals surface area contributed by atoms with Crippen LogP contribution in [0.2, 0.25) is 0 Å². The summed E-state index contributed by atoms with van der Waals surface area (Å²) < 4.78 is 0. The Labute approximate surface area is 113 Å². The lowest BCUT2D eigenvalue weighted by atomic mass is 10.1. The molecule has 1 unspecified atom stereocenters. The van der Waals surface area contributed by atoms with Crippen LogP contribution in [0.5, 0.6) is 0 Å². The molecule has 18 heavy (non-hydrogen) atoms. The van der Waals surface area contributed by atoms with Crippen LogP contribution in [0.15, 0.2) is 46.7 Å². The number of rotatable bonds is 5. The van der Waals surface area contributed by atoms with Crippen molar-refractivity contribution in [1.82, 2.24) is 0 Å². The fraction of sp³-hybridized carbons (Fsp3) is 0.154.